The van der Waals surface area contributed by atoms with Crippen LogP contribution in [0.2, 0.25) is 0 Å². The molecule has 1 aromatic rings. The fourth-order valence-electron chi connectivity index (χ4n) is 3.08. The van der Waals surface area contributed by atoms with Gasteiger partial charge in [0.15, 0.2) is 0 Å². The van der Waals surface area contributed by atoms with Crippen molar-refractivity contribution in [1.82, 2.24) is 10.6 Å². The molecule has 5 nitrogen and oxygen atoms in total. The molecule has 1 fully saturated rings. The Morgan fingerprint density at radius 2 is 1.91 bits per heavy atom. The quantitative estimate of drug-likeness (QED) is 0.820. The number of esters is 1. The lowest BCUT2D eigenvalue weighted by molar-refractivity contribution is -0.142. The molecular formula is C18H26N2O3. The summed E-state index contributed by atoms with van der Waals surface area (Å²) in [6.07, 6.45) is 4.91. The van der Waals surface area contributed by atoms with E-state index in [1.165, 1.54) is 13.5 Å². The number of benzene rings is 1. The van der Waals surface area contributed by atoms with Crippen molar-refractivity contribution in [3.8, 4) is 0 Å². The van der Waals surface area contributed by atoms with E-state index in [-0.39, 0.29) is 12.1 Å². The molecule has 0 saturated heterocycles. The number of urea groups is 1. The molecule has 2 amide bonds. The van der Waals surface area contributed by atoms with Crippen LogP contribution in [0.5, 0.6) is 0 Å². The van der Waals surface area contributed by atoms with E-state index in [1.807, 2.05) is 30.3 Å². The predicted octanol–water partition coefficient (Wildman–Crippen LogP) is 2.65. The zero-order chi connectivity index (χ0) is 16.7. The SMILES string of the molecule is COC(=O)[C@H](Cc1ccccc1)NC(=O)N[C@@H]1CCCC[C@@H]1C. The molecule has 0 aromatic heterocycles. The molecule has 1 aromatic carbocycles. The zero-order valence-electron chi connectivity index (χ0n) is 13.9. The fourth-order valence-corrected chi connectivity index (χ4v) is 3.08. The van der Waals surface area contributed by atoms with Gasteiger partial charge in [0, 0.05) is 12.5 Å². The Labute approximate surface area is 137 Å². The Bertz CT molecular complexity index is 518. The lowest BCUT2D eigenvalue weighted by atomic mass is 9.86. The summed E-state index contributed by atoms with van der Waals surface area (Å²) < 4.78 is 4.82. The first-order chi connectivity index (χ1) is 11.1. The topological polar surface area (TPSA) is 67.4 Å². The zero-order valence-corrected chi connectivity index (χ0v) is 13.9. The second kappa shape index (κ2) is 8.56. The summed E-state index contributed by atoms with van der Waals surface area (Å²) in [6.45, 7) is 2.16. The maximum atomic E-state index is 12.2. The van der Waals surface area contributed by atoms with Gasteiger partial charge < -0.3 is 15.4 Å². The number of hydrogen-bond acceptors (Lipinski definition) is 3. The number of rotatable bonds is 5. The van der Waals surface area contributed by atoms with E-state index < -0.39 is 12.0 Å². The van der Waals surface area contributed by atoms with Gasteiger partial charge in [-0.05, 0) is 24.3 Å². The van der Waals surface area contributed by atoms with Crippen molar-refractivity contribution in [2.75, 3.05) is 7.11 Å². The molecule has 5 heteroatoms. The van der Waals surface area contributed by atoms with Gasteiger partial charge in [0.2, 0.25) is 0 Å². The average molecular weight is 318 g/mol. The summed E-state index contributed by atoms with van der Waals surface area (Å²) >= 11 is 0. The third-order valence-corrected chi connectivity index (χ3v) is 4.50. The summed E-state index contributed by atoms with van der Waals surface area (Å²) in [5.74, 6) is 0.0425. The number of carbonyl (C=O) groups is 2. The van der Waals surface area contributed by atoms with Crippen LogP contribution >= 0.6 is 0 Å². The van der Waals surface area contributed by atoms with Crippen molar-refractivity contribution in [1.29, 1.82) is 0 Å². The lowest BCUT2D eigenvalue weighted by Crippen LogP contribution is -2.52. The van der Waals surface area contributed by atoms with Crippen molar-refractivity contribution < 1.29 is 14.3 Å². The summed E-state index contributed by atoms with van der Waals surface area (Å²) in [5.41, 5.74) is 0.981. The van der Waals surface area contributed by atoms with Gasteiger partial charge >= 0.3 is 12.0 Å². The molecule has 0 heterocycles. The highest BCUT2D eigenvalue weighted by atomic mass is 16.5. The van der Waals surface area contributed by atoms with Crippen LogP contribution < -0.4 is 10.6 Å². The van der Waals surface area contributed by atoms with Crippen molar-refractivity contribution in [3.63, 3.8) is 0 Å². The molecule has 3 atom stereocenters. The van der Waals surface area contributed by atoms with E-state index in [0.717, 1.165) is 24.8 Å². The molecule has 0 unspecified atom stereocenters. The summed E-state index contributed by atoms with van der Waals surface area (Å²) in [5, 5.41) is 5.77. The van der Waals surface area contributed by atoms with E-state index in [0.29, 0.717) is 12.3 Å². The van der Waals surface area contributed by atoms with Gasteiger partial charge in [0.1, 0.15) is 6.04 Å². The highest BCUT2D eigenvalue weighted by Crippen LogP contribution is 2.23. The average Bonchev–Trinajstić information content (AvgIpc) is 2.56. The van der Waals surface area contributed by atoms with Crippen molar-refractivity contribution in [3.05, 3.63) is 35.9 Å². The van der Waals surface area contributed by atoms with Crippen LogP contribution in [0, 0.1) is 5.92 Å². The van der Waals surface area contributed by atoms with Crippen LogP contribution in [-0.2, 0) is 16.0 Å². The monoisotopic (exact) mass is 318 g/mol. The summed E-state index contributed by atoms with van der Waals surface area (Å²) in [6, 6.07) is 8.80. The molecule has 1 aliphatic rings. The highest BCUT2D eigenvalue weighted by molar-refractivity contribution is 5.83. The number of nitrogens with one attached hydrogen (secondary N) is 2. The van der Waals surface area contributed by atoms with Crippen LogP contribution in [-0.4, -0.2) is 31.2 Å². The first kappa shape index (κ1) is 17.3. The lowest BCUT2D eigenvalue weighted by Gasteiger charge is -2.30. The summed E-state index contributed by atoms with van der Waals surface area (Å²) in [4.78, 5) is 24.2. The molecule has 0 radical (unpaired) electrons. The van der Waals surface area contributed by atoms with E-state index >= 15 is 0 Å². The molecule has 1 aliphatic carbocycles. The molecule has 0 spiro atoms. The van der Waals surface area contributed by atoms with Crippen molar-refractivity contribution in [2.45, 2.75) is 51.1 Å². The molecule has 2 rings (SSSR count). The van der Waals surface area contributed by atoms with Gasteiger partial charge in [0.05, 0.1) is 7.11 Å². The minimum absolute atomic E-state index is 0.179. The molecule has 0 bridgehead atoms. The van der Waals surface area contributed by atoms with Gasteiger partial charge in [-0.2, -0.15) is 0 Å². The normalized spacial score (nSPS) is 22.0. The van der Waals surface area contributed by atoms with Crippen LogP contribution in [0.1, 0.15) is 38.2 Å². The fraction of sp³-hybridized carbons (Fsp3) is 0.556. The smallest absolute Gasteiger partial charge is 0.328 e. The number of amides is 2. The number of methoxy groups -OCH3 is 1. The van der Waals surface area contributed by atoms with Gasteiger partial charge in [-0.25, -0.2) is 9.59 Å². The molecule has 2 N–H and O–H groups in total. The van der Waals surface area contributed by atoms with Crippen LogP contribution in [0.25, 0.3) is 0 Å². The van der Waals surface area contributed by atoms with E-state index in [2.05, 4.69) is 17.6 Å². The van der Waals surface area contributed by atoms with Gasteiger partial charge in [0.25, 0.3) is 0 Å². The van der Waals surface area contributed by atoms with Gasteiger partial charge in [-0.1, -0.05) is 50.1 Å². The summed E-state index contributed by atoms with van der Waals surface area (Å²) in [7, 11) is 1.34. The number of hydrogen-bond donors (Lipinski definition) is 2. The Hall–Kier alpha value is -2.04. The minimum Gasteiger partial charge on any atom is -0.467 e. The van der Waals surface area contributed by atoms with Crippen LogP contribution in [0.4, 0.5) is 4.79 Å². The van der Waals surface area contributed by atoms with Gasteiger partial charge in [-0.3, -0.25) is 0 Å². The van der Waals surface area contributed by atoms with E-state index in [9.17, 15) is 9.59 Å². The van der Waals surface area contributed by atoms with Crippen LogP contribution in [0.3, 0.4) is 0 Å². The van der Waals surface area contributed by atoms with Crippen molar-refractivity contribution >= 4 is 12.0 Å². The van der Waals surface area contributed by atoms with E-state index in [1.54, 1.807) is 0 Å². The second-order valence-corrected chi connectivity index (χ2v) is 6.25. The Balaban J connectivity index is 1.94. The van der Waals surface area contributed by atoms with E-state index in [4.69, 9.17) is 4.74 Å². The Kier molecular flexibility index (Phi) is 6.44. The second-order valence-electron chi connectivity index (χ2n) is 6.25. The molecule has 1 saturated carbocycles. The van der Waals surface area contributed by atoms with Crippen molar-refractivity contribution in [2.24, 2.45) is 5.92 Å². The largest absolute Gasteiger partial charge is 0.467 e. The molecule has 23 heavy (non-hydrogen) atoms. The maximum absolute atomic E-state index is 12.2. The third kappa shape index (κ3) is 5.27. The third-order valence-electron chi connectivity index (χ3n) is 4.50. The Morgan fingerprint density at radius 3 is 2.57 bits per heavy atom. The van der Waals surface area contributed by atoms with Crippen LogP contribution in [0.15, 0.2) is 30.3 Å². The first-order valence-corrected chi connectivity index (χ1v) is 8.29. The first-order valence-electron chi connectivity index (χ1n) is 8.29. The highest BCUT2D eigenvalue weighted by Gasteiger charge is 2.26. The minimum atomic E-state index is -0.679. The Morgan fingerprint density at radius 1 is 1.22 bits per heavy atom. The maximum Gasteiger partial charge on any atom is 0.328 e. The standard InChI is InChI=1S/C18H26N2O3/c1-13-8-6-7-11-15(13)19-18(22)20-16(17(21)23-2)12-14-9-4-3-5-10-14/h3-5,9-10,13,15-16H,6-8,11-12H2,1-2H3,(H2,19,20,22)/t13-,15+,16-/m0/s1. The number of carbonyl (C=O) groups excluding carboxylic acids is 2. The molecule has 0 aliphatic heterocycles. The van der Waals surface area contributed by atoms with Gasteiger partial charge in [-0.15, -0.1) is 0 Å². The number of ether oxygens (including phenoxy) is 1. The molecule has 126 valence electrons. The molecular weight excluding hydrogens is 292 g/mol. The predicted molar refractivity (Wildman–Crippen MR) is 89.0 cm³/mol.